The quantitative estimate of drug-likeness (QED) is 0.804. The third-order valence-corrected chi connectivity index (χ3v) is 4.29. The van der Waals surface area contributed by atoms with E-state index in [2.05, 4.69) is 20.9 Å². The Kier molecular flexibility index (Phi) is 4.51. The number of carbonyl (C=O) groups is 1. The van der Waals surface area contributed by atoms with E-state index in [1.165, 1.54) is 0 Å². The van der Waals surface area contributed by atoms with Crippen molar-refractivity contribution >= 4 is 33.4 Å². The lowest BCUT2D eigenvalue weighted by Crippen LogP contribution is -2.56. The molecule has 1 saturated heterocycles. The van der Waals surface area contributed by atoms with E-state index in [9.17, 15) is 4.79 Å². The molecular weight excluding hydrogens is 382 g/mol. The highest BCUT2D eigenvalue weighted by Crippen LogP contribution is 2.26. The number of halogens is 2. The van der Waals surface area contributed by atoms with Crippen LogP contribution < -0.4 is 4.74 Å². The number of nitrogens with zero attached hydrogens (tertiary/aromatic N) is 3. The first-order valence-corrected chi connectivity index (χ1v) is 8.01. The van der Waals surface area contributed by atoms with Crippen molar-refractivity contribution in [2.24, 2.45) is 0 Å². The molecule has 0 bridgehead atoms. The average molecular weight is 393 g/mol. The molecule has 5 nitrogen and oxygen atoms in total. The van der Waals surface area contributed by atoms with Gasteiger partial charge in [-0.15, -0.1) is 0 Å². The molecule has 1 aliphatic heterocycles. The number of pyridine rings is 1. The van der Waals surface area contributed by atoms with Gasteiger partial charge < -0.3 is 9.64 Å². The third kappa shape index (κ3) is 3.31. The molecule has 2 heterocycles. The molecule has 3 rings (SSSR count). The van der Waals surface area contributed by atoms with Gasteiger partial charge >= 0.3 is 0 Å². The summed E-state index contributed by atoms with van der Waals surface area (Å²) in [5, 5.41) is 9.43. The van der Waals surface area contributed by atoms with E-state index in [1.807, 2.05) is 6.07 Å². The van der Waals surface area contributed by atoms with Crippen LogP contribution in [-0.4, -0.2) is 35.0 Å². The highest BCUT2D eigenvalue weighted by atomic mass is 79.9. The molecule has 1 aliphatic rings. The van der Waals surface area contributed by atoms with Crippen LogP contribution in [0.1, 0.15) is 15.9 Å². The second-order valence-corrected chi connectivity index (χ2v) is 6.36. The summed E-state index contributed by atoms with van der Waals surface area (Å²) in [6.45, 7) is 0.867. The number of nitriles is 1. The van der Waals surface area contributed by atoms with Gasteiger partial charge in [0.15, 0.2) is 0 Å². The Balaban J connectivity index is 1.64. The van der Waals surface area contributed by atoms with Gasteiger partial charge in [0, 0.05) is 10.7 Å². The molecule has 1 amide bonds. The van der Waals surface area contributed by atoms with Crippen molar-refractivity contribution < 1.29 is 9.53 Å². The SMILES string of the molecule is N#Cc1cccnc1OC1CN(C(=O)c2cc(Br)ccc2Cl)C1. The van der Waals surface area contributed by atoms with Crippen LogP contribution in [0.5, 0.6) is 5.88 Å². The van der Waals surface area contributed by atoms with E-state index in [1.54, 1.807) is 41.4 Å². The highest BCUT2D eigenvalue weighted by Gasteiger charge is 2.34. The Bertz CT molecular complexity index is 800. The van der Waals surface area contributed by atoms with E-state index >= 15 is 0 Å². The van der Waals surface area contributed by atoms with Crippen molar-refractivity contribution in [2.75, 3.05) is 13.1 Å². The predicted octanol–water partition coefficient (Wildman–Crippen LogP) is 3.27. The number of benzene rings is 1. The van der Waals surface area contributed by atoms with Gasteiger partial charge in [0.05, 0.1) is 23.7 Å². The minimum atomic E-state index is -0.174. The van der Waals surface area contributed by atoms with Gasteiger partial charge in [-0.05, 0) is 30.3 Å². The summed E-state index contributed by atoms with van der Waals surface area (Å²) in [6, 6.07) is 10.5. The van der Waals surface area contributed by atoms with Crippen molar-refractivity contribution in [3.63, 3.8) is 0 Å². The van der Waals surface area contributed by atoms with Crippen LogP contribution in [0, 0.1) is 11.3 Å². The van der Waals surface area contributed by atoms with Crippen LogP contribution in [0.15, 0.2) is 41.0 Å². The molecule has 1 aromatic heterocycles. The monoisotopic (exact) mass is 391 g/mol. The molecule has 0 saturated carbocycles. The second-order valence-electron chi connectivity index (χ2n) is 5.04. The molecule has 0 atom stereocenters. The van der Waals surface area contributed by atoms with Crippen molar-refractivity contribution in [3.05, 3.63) is 57.2 Å². The number of hydrogen-bond donors (Lipinski definition) is 0. The number of amides is 1. The molecule has 0 N–H and O–H groups in total. The van der Waals surface area contributed by atoms with Gasteiger partial charge in [0.1, 0.15) is 17.7 Å². The summed E-state index contributed by atoms with van der Waals surface area (Å²) in [6.07, 6.45) is 1.39. The maximum atomic E-state index is 12.4. The number of ether oxygens (including phenoxy) is 1. The number of rotatable bonds is 3. The zero-order valence-corrected chi connectivity index (χ0v) is 14.2. The van der Waals surface area contributed by atoms with Crippen LogP contribution in [0.2, 0.25) is 5.02 Å². The summed E-state index contributed by atoms with van der Waals surface area (Å²) >= 11 is 9.41. The molecule has 23 heavy (non-hydrogen) atoms. The highest BCUT2D eigenvalue weighted by molar-refractivity contribution is 9.10. The van der Waals surface area contributed by atoms with Gasteiger partial charge in [-0.3, -0.25) is 4.79 Å². The summed E-state index contributed by atoms with van der Waals surface area (Å²) in [5.41, 5.74) is 0.836. The minimum Gasteiger partial charge on any atom is -0.470 e. The van der Waals surface area contributed by atoms with Gasteiger partial charge in [-0.1, -0.05) is 27.5 Å². The first-order chi connectivity index (χ1) is 11.1. The topological polar surface area (TPSA) is 66.2 Å². The Labute approximate surface area is 146 Å². The van der Waals surface area contributed by atoms with Crippen LogP contribution in [0.3, 0.4) is 0 Å². The first-order valence-electron chi connectivity index (χ1n) is 6.84. The molecular formula is C16H11BrClN3O2. The summed E-state index contributed by atoms with van der Waals surface area (Å²) in [5.74, 6) is 0.158. The fourth-order valence-electron chi connectivity index (χ4n) is 2.24. The molecule has 116 valence electrons. The average Bonchev–Trinajstić information content (AvgIpc) is 2.52. The number of hydrogen-bond acceptors (Lipinski definition) is 4. The zero-order valence-electron chi connectivity index (χ0n) is 11.9. The Morgan fingerprint density at radius 1 is 1.43 bits per heavy atom. The van der Waals surface area contributed by atoms with Gasteiger partial charge in [0.2, 0.25) is 5.88 Å². The Morgan fingerprint density at radius 2 is 2.22 bits per heavy atom. The maximum absolute atomic E-state index is 12.4. The van der Waals surface area contributed by atoms with Crippen molar-refractivity contribution in [3.8, 4) is 11.9 Å². The van der Waals surface area contributed by atoms with Gasteiger partial charge in [-0.25, -0.2) is 4.98 Å². The normalized spacial score (nSPS) is 14.0. The van der Waals surface area contributed by atoms with Crippen LogP contribution in [0.25, 0.3) is 0 Å². The number of likely N-dealkylation sites (tertiary alicyclic amines) is 1. The number of carbonyl (C=O) groups excluding carboxylic acids is 1. The first kappa shape index (κ1) is 15.8. The molecule has 0 unspecified atom stereocenters. The lowest BCUT2D eigenvalue weighted by Gasteiger charge is -2.38. The Hall–Kier alpha value is -2.10. The summed E-state index contributed by atoms with van der Waals surface area (Å²) < 4.78 is 6.47. The predicted molar refractivity (Wildman–Crippen MR) is 88.4 cm³/mol. The number of aromatic nitrogens is 1. The van der Waals surface area contributed by atoms with Crippen LogP contribution in [0.4, 0.5) is 0 Å². The van der Waals surface area contributed by atoms with E-state index < -0.39 is 0 Å². The lowest BCUT2D eigenvalue weighted by molar-refractivity contribution is 0.0159. The zero-order chi connectivity index (χ0) is 16.4. The molecule has 2 aromatic rings. The van der Waals surface area contributed by atoms with E-state index in [-0.39, 0.29) is 12.0 Å². The fraction of sp³-hybridized carbons (Fsp3) is 0.188. The molecule has 1 aromatic carbocycles. The largest absolute Gasteiger partial charge is 0.470 e. The molecule has 7 heteroatoms. The van der Waals surface area contributed by atoms with Crippen molar-refractivity contribution in [2.45, 2.75) is 6.10 Å². The van der Waals surface area contributed by atoms with Crippen molar-refractivity contribution in [1.82, 2.24) is 9.88 Å². The molecule has 0 spiro atoms. The molecule has 1 fully saturated rings. The fourth-order valence-corrected chi connectivity index (χ4v) is 2.80. The lowest BCUT2D eigenvalue weighted by atomic mass is 10.1. The van der Waals surface area contributed by atoms with Gasteiger partial charge in [-0.2, -0.15) is 5.26 Å². The van der Waals surface area contributed by atoms with Crippen LogP contribution in [-0.2, 0) is 0 Å². The standard InChI is InChI=1S/C16H11BrClN3O2/c17-11-3-4-14(18)13(6-11)16(22)21-8-12(9-21)23-15-10(7-19)2-1-5-20-15/h1-6,12H,8-9H2. The summed E-state index contributed by atoms with van der Waals surface area (Å²) in [4.78, 5) is 18.1. The third-order valence-electron chi connectivity index (χ3n) is 3.46. The van der Waals surface area contributed by atoms with Crippen LogP contribution >= 0.6 is 27.5 Å². The maximum Gasteiger partial charge on any atom is 0.255 e. The summed E-state index contributed by atoms with van der Waals surface area (Å²) in [7, 11) is 0. The van der Waals surface area contributed by atoms with E-state index in [0.717, 1.165) is 4.47 Å². The molecule has 0 aliphatic carbocycles. The van der Waals surface area contributed by atoms with Crippen molar-refractivity contribution in [1.29, 1.82) is 5.26 Å². The second kappa shape index (κ2) is 6.57. The van der Waals surface area contributed by atoms with Gasteiger partial charge in [0.25, 0.3) is 5.91 Å². The minimum absolute atomic E-state index is 0.141. The van der Waals surface area contributed by atoms with E-state index in [4.69, 9.17) is 21.6 Å². The smallest absolute Gasteiger partial charge is 0.255 e. The molecule has 0 radical (unpaired) electrons. The van der Waals surface area contributed by atoms with E-state index in [0.29, 0.717) is 35.1 Å². The Morgan fingerprint density at radius 3 is 2.96 bits per heavy atom.